The van der Waals surface area contributed by atoms with Crippen LogP contribution in [-0.2, 0) is 11.3 Å². The molecule has 0 saturated heterocycles. The quantitative estimate of drug-likeness (QED) is 0.747. The van der Waals surface area contributed by atoms with Crippen LogP contribution >= 0.6 is 11.6 Å². The summed E-state index contributed by atoms with van der Waals surface area (Å²) >= 11 is 6.09. The molecule has 0 bridgehead atoms. The molecule has 0 aliphatic carbocycles. The van der Waals surface area contributed by atoms with Gasteiger partial charge in [0.25, 0.3) is 0 Å². The minimum atomic E-state index is 0.624. The van der Waals surface area contributed by atoms with E-state index in [1.807, 2.05) is 25.2 Å². The van der Waals surface area contributed by atoms with Crippen molar-refractivity contribution < 1.29 is 9.47 Å². The summed E-state index contributed by atoms with van der Waals surface area (Å²) in [6, 6.07) is 5.83. The minimum absolute atomic E-state index is 0.624. The first-order chi connectivity index (χ1) is 7.77. The number of methoxy groups -OCH3 is 1. The zero-order valence-corrected chi connectivity index (χ0v) is 10.5. The average Bonchev–Trinajstić information content (AvgIpc) is 2.27. The van der Waals surface area contributed by atoms with Crippen molar-refractivity contribution in [3.05, 3.63) is 28.8 Å². The van der Waals surface area contributed by atoms with Gasteiger partial charge in [-0.05, 0) is 24.7 Å². The van der Waals surface area contributed by atoms with E-state index >= 15 is 0 Å². The van der Waals surface area contributed by atoms with Gasteiger partial charge in [0.15, 0.2) is 0 Å². The van der Waals surface area contributed by atoms with Gasteiger partial charge in [-0.15, -0.1) is 0 Å². The van der Waals surface area contributed by atoms with Gasteiger partial charge in [0.05, 0.1) is 11.6 Å². The third kappa shape index (κ3) is 4.39. The van der Waals surface area contributed by atoms with E-state index in [1.54, 1.807) is 7.11 Å². The fraction of sp³-hybridized carbons (Fsp3) is 0.500. The van der Waals surface area contributed by atoms with Gasteiger partial charge in [0.1, 0.15) is 5.75 Å². The molecule has 0 aliphatic rings. The molecular weight excluding hydrogens is 226 g/mol. The molecule has 1 aromatic carbocycles. The SMILES string of the molecule is CNCc1ccc(OCCCOC)c(Cl)c1. The van der Waals surface area contributed by atoms with Gasteiger partial charge in [-0.2, -0.15) is 0 Å². The van der Waals surface area contributed by atoms with E-state index in [-0.39, 0.29) is 0 Å². The highest BCUT2D eigenvalue weighted by Crippen LogP contribution is 2.25. The van der Waals surface area contributed by atoms with Crippen molar-refractivity contribution in [2.75, 3.05) is 27.4 Å². The van der Waals surface area contributed by atoms with Crippen LogP contribution in [-0.4, -0.2) is 27.4 Å². The Kier molecular flexibility index (Phi) is 6.23. The lowest BCUT2D eigenvalue weighted by Gasteiger charge is -2.09. The van der Waals surface area contributed by atoms with Crippen molar-refractivity contribution in [3.8, 4) is 5.75 Å². The first-order valence-electron chi connectivity index (χ1n) is 5.32. The summed E-state index contributed by atoms with van der Waals surface area (Å²) in [6.45, 7) is 2.14. The van der Waals surface area contributed by atoms with Crippen LogP contribution < -0.4 is 10.1 Å². The lowest BCUT2D eigenvalue weighted by Crippen LogP contribution is -2.05. The highest BCUT2D eigenvalue weighted by molar-refractivity contribution is 6.32. The van der Waals surface area contributed by atoms with Gasteiger partial charge >= 0.3 is 0 Å². The topological polar surface area (TPSA) is 30.5 Å². The van der Waals surface area contributed by atoms with E-state index in [4.69, 9.17) is 21.1 Å². The first-order valence-corrected chi connectivity index (χ1v) is 5.70. The molecule has 0 amide bonds. The number of nitrogens with one attached hydrogen (secondary N) is 1. The largest absolute Gasteiger partial charge is 0.492 e. The van der Waals surface area contributed by atoms with Crippen molar-refractivity contribution in [1.29, 1.82) is 0 Å². The molecule has 16 heavy (non-hydrogen) atoms. The van der Waals surface area contributed by atoms with Gasteiger partial charge in [-0.1, -0.05) is 17.7 Å². The Hall–Kier alpha value is -0.770. The summed E-state index contributed by atoms with van der Waals surface area (Å²) in [6.07, 6.45) is 0.866. The molecule has 90 valence electrons. The van der Waals surface area contributed by atoms with E-state index in [2.05, 4.69) is 5.32 Å². The van der Waals surface area contributed by atoms with Crippen LogP contribution in [0.15, 0.2) is 18.2 Å². The van der Waals surface area contributed by atoms with Crippen LogP contribution in [0.5, 0.6) is 5.75 Å². The summed E-state index contributed by atoms with van der Waals surface area (Å²) in [5, 5.41) is 3.73. The molecule has 1 rings (SSSR count). The summed E-state index contributed by atoms with van der Waals surface area (Å²) in [4.78, 5) is 0. The maximum absolute atomic E-state index is 6.09. The molecule has 0 fully saturated rings. The van der Waals surface area contributed by atoms with Gasteiger partial charge in [0.2, 0.25) is 0 Å². The molecule has 0 unspecified atom stereocenters. The van der Waals surface area contributed by atoms with Crippen molar-refractivity contribution in [2.24, 2.45) is 0 Å². The Morgan fingerprint density at radius 1 is 1.31 bits per heavy atom. The molecule has 0 atom stereocenters. The summed E-state index contributed by atoms with van der Waals surface area (Å²) in [5.74, 6) is 0.734. The number of rotatable bonds is 7. The molecule has 0 spiro atoms. The van der Waals surface area contributed by atoms with Crippen LogP contribution in [0.25, 0.3) is 0 Å². The first kappa shape index (κ1) is 13.3. The molecule has 0 heterocycles. The van der Waals surface area contributed by atoms with E-state index < -0.39 is 0 Å². The fourth-order valence-corrected chi connectivity index (χ4v) is 1.62. The number of hydrogen-bond donors (Lipinski definition) is 1. The van der Waals surface area contributed by atoms with Crippen LogP contribution in [0.3, 0.4) is 0 Å². The maximum atomic E-state index is 6.09. The maximum Gasteiger partial charge on any atom is 0.137 e. The van der Waals surface area contributed by atoms with Crippen molar-refractivity contribution in [2.45, 2.75) is 13.0 Å². The monoisotopic (exact) mass is 243 g/mol. The van der Waals surface area contributed by atoms with Gasteiger partial charge < -0.3 is 14.8 Å². The second-order valence-electron chi connectivity index (χ2n) is 3.49. The van der Waals surface area contributed by atoms with E-state index in [0.29, 0.717) is 18.2 Å². The summed E-state index contributed by atoms with van der Waals surface area (Å²) < 4.78 is 10.5. The van der Waals surface area contributed by atoms with Crippen LogP contribution in [0.4, 0.5) is 0 Å². The van der Waals surface area contributed by atoms with Crippen LogP contribution in [0.2, 0.25) is 5.02 Å². The third-order valence-corrected chi connectivity index (χ3v) is 2.42. The van der Waals surface area contributed by atoms with Crippen molar-refractivity contribution in [3.63, 3.8) is 0 Å². The summed E-state index contributed by atoms with van der Waals surface area (Å²) in [7, 11) is 3.59. The molecule has 1 N–H and O–H groups in total. The van der Waals surface area contributed by atoms with Gasteiger partial charge in [0, 0.05) is 26.7 Å². The number of benzene rings is 1. The van der Waals surface area contributed by atoms with Gasteiger partial charge in [-0.3, -0.25) is 0 Å². The molecular formula is C12H18ClNO2. The van der Waals surface area contributed by atoms with Crippen LogP contribution in [0, 0.1) is 0 Å². The zero-order valence-electron chi connectivity index (χ0n) is 9.75. The number of hydrogen-bond acceptors (Lipinski definition) is 3. The predicted molar refractivity (Wildman–Crippen MR) is 66.2 cm³/mol. The Morgan fingerprint density at radius 2 is 2.12 bits per heavy atom. The predicted octanol–water partition coefficient (Wildman–Crippen LogP) is 2.47. The van der Waals surface area contributed by atoms with Crippen molar-refractivity contribution in [1.82, 2.24) is 5.32 Å². The molecule has 3 nitrogen and oxygen atoms in total. The molecule has 0 aliphatic heterocycles. The fourth-order valence-electron chi connectivity index (χ4n) is 1.36. The minimum Gasteiger partial charge on any atom is -0.492 e. The normalized spacial score (nSPS) is 10.4. The van der Waals surface area contributed by atoms with Crippen LogP contribution in [0.1, 0.15) is 12.0 Å². The summed E-state index contributed by atoms with van der Waals surface area (Å²) in [5.41, 5.74) is 1.15. The zero-order chi connectivity index (χ0) is 11.8. The third-order valence-electron chi connectivity index (χ3n) is 2.13. The molecule has 1 aromatic rings. The highest BCUT2D eigenvalue weighted by Gasteiger charge is 2.02. The second-order valence-corrected chi connectivity index (χ2v) is 3.90. The van der Waals surface area contributed by atoms with E-state index in [9.17, 15) is 0 Å². The Morgan fingerprint density at radius 3 is 2.75 bits per heavy atom. The molecule has 0 radical (unpaired) electrons. The second kappa shape index (κ2) is 7.49. The van der Waals surface area contributed by atoms with Gasteiger partial charge in [-0.25, -0.2) is 0 Å². The lowest BCUT2D eigenvalue weighted by atomic mass is 10.2. The Labute approximate surface area is 102 Å². The lowest BCUT2D eigenvalue weighted by molar-refractivity contribution is 0.172. The smallest absolute Gasteiger partial charge is 0.137 e. The van der Waals surface area contributed by atoms with E-state index in [0.717, 1.165) is 24.3 Å². The highest BCUT2D eigenvalue weighted by atomic mass is 35.5. The molecule has 0 aromatic heterocycles. The average molecular weight is 244 g/mol. The number of halogens is 1. The Bertz CT molecular complexity index is 318. The van der Waals surface area contributed by atoms with E-state index in [1.165, 1.54) is 0 Å². The van der Waals surface area contributed by atoms with Crippen molar-refractivity contribution >= 4 is 11.6 Å². The number of ether oxygens (including phenoxy) is 2. The molecule has 4 heteroatoms. The Balaban J connectivity index is 2.47. The standard InChI is InChI=1S/C12H18ClNO2/c1-14-9-10-4-5-12(11(13)8-10)16-7-3-6-15-2/h4-5,8,14H,3,6-7,9H2,1-2H3. The molecule has 0 saturated carbocycles.